The van der Waals surface area contributed by atoms with Crippen LogP contribution in [0.5, 0.6) is 5.75 Å². The van der Waals surface area contributed by atoms with Gasteiger partial charge in [0, 0.05) is 36.5 Å². The Kier molecular flexibility index (Phi) is 7.75. The van der Waals surface area contributed by atoms with Crippen LogP contribution >= 0.6 is 0 Å². The molecule has 0 aliphatic rings. The van der Waals surface area contributed by atoms with Crippen LogP contribution < -0.4 is 10.1 Å². The zero-order valence-corrected chi connectivity index (χ0v) is 22.8. The predicted molar refractivity (Wildman–Crippen MR) is 154 cm³/mol. The van der Waals surface area contributed by atoms with E-state index in [0.29, 0.717) is 35.4 Å². The van der Waals surface area contributed by atoms with Gasteiger partial charge in [0.15, 0.2) is 0 Å². The number of esters is 1. The number of anilines is 1. The number of carbonyl (C=O) groups is 1. The van der Waals surface area contributed by atoms with Gasteiger partial charge in [0.25, 0.3) is 0 Å². The Balaban J connectivity index is 1.54. The van der Waals surface area contributed by atoms with E-state index in [-0.39, 0.29) is 11.5 Å². The molecule has 1 aromatic heterocycles. The van der Waals surface area contributed by atoms with Crippen LogP contribution in [0.1, 0.15) is 40.4 Å². The summed E-state index contributed by atoms with van der Waals surface area (Å²) in [6.45, 7) is 5.68. The van der Waals surface area contributed by atoms with Crippen molar-refractivity contribution in [3.8, 4) is 16.9 Å². The second kappa shape index (κ2) is 11.4. The van der Waals surface area contributed by atoms with Crippen molar-refractivity contribution in [3.05, 3.63) is 118 Å². The SMILES string of the molecule is CC(=O)Oc1ccc(NCc2cccc(-c3c(Cc4ccccc4)nnc4c(C(F)(F)F)cccc34)c2)c(C)c1C. The molecule has 41 heavy (non-hydrogen) atoms. The van der Waals surface area contributed by atoms with Crippen molar-refractivity contribution < 1.29 is 22.7 Å². The first-order chi connectivity index (χ1) is 19.6. The van der Waals surface area contributed by atoms with E-state index in [4.69, 9.17) is 4.74 Å². The zero-order valence-electron chi connectivity index (χ0n) is 22.8. The molecule has 1 N–H and O–H groups in total. The second-order valence-electron chi connectivity index (χ2n) is 9.89. The molecule has 208 valence electrons. The molecule has 5 nitrogen and oxygen atoms in total. The van der Waals surface area contributed by atoms with Crippen LogP contribution in [0.25, 0.3) is 22.0 Å². The molecule has 0 aliphatic heterocycles. The third-order valence-electron chi connectivity index (χ3n) is 7.07. The van der Waals surface area contributed by atoms with Gasteiger partial charge in [-0.25, -0.2) is 0 Å². The van der Waals surface area contributed by atoms with Gasteiger partial charge in [-0.15, -0.1) is 5.10 Å². The molecule has 0 atom stereocenters. The third kappa shape index (κ3) is 6.06. The summed E-state index contributed by atoms with van der Waals surface area (Å²) >= 11 is 0. The summed E-state index contributed by atoms with van der Waals surface area (Å²) in [6.07, 6.45) is -4.13. The van der Waals surface area contributed by atoms with Gasteiger partial charge in [0.2, 0.25) is 0 Å². The highest BCUT2D eigenvalue weighted by Gasteiger charge is 2.34. The van der Waals surface area contributed by atoms with Gasteiger partial charge >= 0.3 is 12.1 Å². The van der Waals surface area contributed by atoms with Gasteiger partial charge in [-0.2, -0.15) is 18.3 Å². The number of fused-ring (bicyclic) bond motifs is 1. The highest BCUT2D eigenvalue weighted by Crippen LogP contribution is 2.38. The molecule has 5 rings (SSSR count). The summed E-state index contributed by atoms with van der Waals surface area (Å²) in [4.78, 5) is 11.4. The Bertz CT molecular complexity index is 1730. The summed E-state index contributed by atoms with van der Waals surface area (Å²) in [7, 11) is 0. The molecule has 0 unspecified atom stereocenters. The van der Waals surface area contributed by atoms with E-state index >= 15 is 0 Å². The number of hydrogen-bond acceptors (Lipinski definition) is 5. The molecule has 4 aromatic carbocycles. The van der Waals surface area contributed by atoms with Gasteiger partial charge in [0.1, 0.15) is 11.3 Å². The first-order valence-corrected chi connectivity index (χ1v) is 13.1. The molecule has 0 bridgehead atoms. The number of rotatable bonds is 7. The molecule has 0 saturated carbocycles. The number of nitrogens with zero attached hydrogens (tertiary/aromatic N) is 2. The minimum Gasteiger partial charge on any atom is -0.426 e. The minimum atomic E-state index is -4.56. The van der Waals surface area contributed by atoms with E-state index in [1.807, 2.05) is 74.5 Å². The summed E-state index contributed by atoms with van der Waals surface area (Å²) in [5.41, 5.74) is 5.62. The van der Waals surface area contributed by atoms with E-state index in [9.17, 15) is 18.0 Å². The third-order valence-corrected chi connectivity index (χ3v) is 7.07. The van der Waals surface area contributed by atoms with Crippen LogP contribution in [0.15, 0.2) is 84.9 Å². The number of carbonyl (C=O) groups excluding carboxylic acids is 1. The molecular formula is C33H28F3N3O2. The molecule has 1 heterocycles. The van der Waals surface area contributed by atoms with Crippen LogP contribution in [0.2, 0.25) is 0 Å². The Labute approximate surface area is 236 Å². The highest BCUT2D eigenvalue weighted by atomic mass is 19.4. The number of hydrogen-bond donors (Lipinski definition) is 1. The van der Waals surface area contributed by atoms with Gasteiger partial charge in [-0.1, -0.05) is 60.7 Å². The summed E-state index contributed by atoms with van der Waals surface area (Å²) in [5.74, 6) is 0.140. The number of ether oxygens (including phenoxy) is 1. The number of halogens is 3. The molecule has 0 aliphatic carbocycles. The number of alkyl halides is 3. The molecule has 0 amide bonds. The van der Waals surface area contributed by atoms with Crippen LogP contribution in [0.3, 0.4) is 0 Å². The van der Waals surface area contributed by atoms with E-state index in [1.165, 1.54) is 13.0 Å². The lowest BCUT2D eigenvalue weighted by atomic mass is 9.93. The quantitative estimate of drug-likeness (QED) is 0.163. The Morgan fingerprint density at radius 3 is 2.32 bits per heavy atom. The van der Waals surface area contributed by atoms with Crippen LogP contribution in [-0.4, -0.2) is 16.2 Å². The maximum Gasteiger partial charge on any atom is 0.418 e. The molecule has 5 aromatic rings. The van der Waals surface area contributed by atoms with Gasteiger partial charge in [-0.05, 0) is 65.9 Å². The maximum atomic E-state index is 13.9. The lowest BCUT2D eigenvalue weighted by molar-refractivity contribution is -0.136. The lowest BCUT2D eigenvalue weighted by Crippen LogP contribution is -2.09. The van der Waals surface area contributed by atoms with Crippen LogP contribution in [-0.2, 0) is 23.9 Å². The number of benzene rings is 4. The van der Waals surface area contributed by atoms with Crippen molar-refractivity contribution in [1.82, 2.24) is 10.2 Å². The Morgan fingerprint density at radius 2 is 1.59 bits per heavy atom. The second-order valence-corrected chi connectivity index (χ2v) is 9.89. The monoisotopic (exact) mass is 555 g/mol. The fourth-order valence-electron chi connectivity index (χ4n) is 4.92. The Morgan fingerprint density at radius 1 is 0.854 bits per heavy atom. The predicted octanol–water partition coefficient (Wildman–Crippen LogP) is 8.06. The van der Waals surface area contributed by atoms with E-state index < -0.39 is 11.7 Å². The zero-order chi connectivity index (χ0) is 29.1. The van der Waals surface area contributed by atoms with Gasteiger partial charge in [0.05, 0.1) is 11.3 Å². The van der Waals surface area contributed by atoms with E-state index in [1.54, 1.807) is 12.1 Å². The highest BCUT2D eigenvalue weighted by molar-refractivity contribution is 5.97. The van der Waals surface area contributed by atoms with Crippen molar-refractivity contribution in [3.63, 3.8) is 0 Å². The molecule has 0 spiro atoms. The molecule has 0 fully saturated rings. The fraction of sp³-hybridized carbons (Fsp3) is 0.182. The Hall–Kier alpha value is -4.72. The van der Waals surface area contributed by atoms with Gasteiger partial charge < -0.3 is 10.1 Å². The van der Waals surface area contributed by atoms with Crippen LogP contribution in [0, 0.1) is 13.8 Å². The lowest BCUT2D eigenvalue weighted by Gasteiger charge is -2.17. The van der Waals surface area contributed by atoms with E-state index in [2.05, 4.69) is 15.5 Å². The van der Waals surface area contributed by atoms with Crippen molar-refractivity contribution in [2.24, 2.45) is 0 Å². The summed E-state index contributed by atoms with van der Waals surface area (Å²) in [6, 6.07) is 25.1. The summed E-state index contributed by atoms with van der Waals surface area (Å²) in [5, 5.41) is 12.2. The van der Waals surface area contributed by atoms with Crippen molar-refractivity contribution in [1.29, 1.82) is 0 Å². The van der Waals surface area contributed by atoms with Gasteiger partial charge in [-0.3, -0.25) is 4.79 Å². The smallest absolute Gasteiger partial charge is 0.418 e. The topological polar surface area (TPSA) is 64.1 Å². The minimum absolute atomic E-state index is 0.172. The largest absolute Gasteiger partial charge is 0.426 e. The standard InChI is InChI=1S/C33H28F3N3O2/c1-20-21(2)30(41-22(3)40)16-15-28(20)37-19-24-11-7-12-25(17-24)31-26-13-8-14-27(33(34,35)36)32(26)39-38-29(31)18-23-9-5-4-6-10-23/h4-17,37H,18-19H2,1-3H3. The summed E-state index contributed by atoms with van der Waals surface area (Å²) < 4.78 is 46.9. The molecular weight excluding hydrogens is 527 g/mol. The van der Waals surface area contributed by atoms with E-state index in [0.717, 1.165) is 39.6 Å². The normalized spacial score (nSPS) is 11.5. The molecule has 8 heteroatoms. The fourth-order valence-corrected chi connectivity index (χ4v) is 4.92. The average Bonchev–Trinajstić information content (AvgIpc) is 2.94. The van der Waals surface area contributed by atoms with Crippen molar-refractivity contribution in [2.45, 2.75) is 39.9 Å². The van der Waals surface area contributed by atoms with Crippen molar-refractivity contribution in [2.75, 3.05) is 5.32 Å². The number of nitrogens with one attached hydrogen (secondary N) is 1. The number of aromatic nitrogens is 2. The first-order valence-electron chi connectivity index (χ1n) is 13.1. The molecule has 0 radical (unpaired) electrons. The molecule has 0 saturated heterocycles. The van der Waals surface area contributed by atoms with Crippen molar-refractivity contribution >= 4 is 22.6 Å². The first kappa shape index (κ1) is 27.8. The maximum absolute atomic E-state index is 13.9. The van der Waals surface area contributed by atoms with Crippen LogP contribution in [0.4, 0.5) is 18.9 Å². The average molecular weight is 556 g/mol.